The van der Waals surface area contributed by atoms with Crippen LogP contribution in [0, 0.1) is 4.91 Å². The van der Waals surface area contributed by atoms with Gasteiger partial charge in [0.1, 0.15) is 5.69 Å². The maximum absolute atomic E-state index is 13.2. The topological polar surface area (TPSA) is 68.2 Å². The van der Waals surface area contributed by atoms with Crippen LogP contribution in [0.25, 0.3) is 0 Å². The number of halogens is 4. The van der Waals surface area contributed by atoms with Gasteiger partial charge in [0, 0.05) is 74.7 Å². The van der Waals surface area contributed by atoms with Crippen molar-refractivity contribution >= 4 is 34.6 Å². The van der Waals surface area contributed by atoms with Gasteiger partial charge in [0.15, 0.2) is 0 Å². The van der Waals surface area contributed by atoms with E-state index in [1.807, 2.05) is 23.1 Å². The number of anilines is 2. The summed E-state index contributed by atoms with van der Waals surface area (Å²) in [5.74, 6) is 0.103. The molecule has 2 heterocycles. The maximum Gasteiger partial charge on any atom is 0.418 e. The van der Waals surface area contributed by atoms with Crippen LogP contribution in [0.2, 0.25) is 5.02 Å². The molecule has 2 aromatic carbocycles. The Balaban J connectivity index is 1.19. The molecular weight excluding hydrogens is 495 g/mol. The summed E-state index contributed by atoms with van der Waals surface area (Å²) in [5, 5.41) is 6.30. The fourth-order valence-electron chi connectivity index (χ4n) is 4.76. The molecule has 0 saturated carbocycles. The third kappa shape index (κ3) is 6.67. The fourth-order valence-corrected chi connectivity index (χ4v) is 4.94. The lowest BCUT2D eigenvalue weighted by Gasteiger charge is -2.37. The Labute approximate surface area is 213 Å². The van der Waals surface area contributed by atoms with Crippen LogP contribution < -0.4 is 10.2 Å². The Morgan fingerprint density at radius 1 is 1.03 bits per heavy atom. The summed E-state index contributed by atoms with van der Waals surface area (Å²) in [7, 11) is 0. The van der Waals surface area contributed by atoms with Crippen molar-refractivity contribution in [2.75, 3.05) is 56.0 Å². The second-order valence-corrected chi connectivity index (χ2v) is 9.62. The standard InChI is InChI=1S/C25H29ClF3N5O2/c26-18-2-1-3-21(16-18)33-14-12-32(13-15-33)9-8-24(35)34-10-6-19(7-11-34)30-20-4-5-23(31-36)22(17-20)25(27,28)29/h1-5,16-17,19,30H,6-15H2. The number of nitroso groups, excluding NO2 is 1. The van der Waals surface area contributed by atoms with E-state index in [0.717, 1.165) is 49.0 Å². The second-order valence-electron chi connectivity index (χ2n) is 9.18. The van der Waals surface area contributed by atoms with Gasteiger partial charge in [0.2, 0.25) is 5.91 Å². The summed E-state index contributed by atoms with van der Waals surface area (Å²) >= 11 is 6.10. The van der Waals surface area contributed by atoms with Gasteiger partial charge in [-0.15, -0.1) is 4.91 Å². The molecule has 0 spiro atoms. The van der Waals surface area contributed by atoms with E-state index >= 15 is 0 Å². The molecule has 2 aliphatic rings. The molecule has 1 N–H and O–H groups in total. The monoisotopic (exact) mass is 523 g/mol. The van der Waals surface area contributed by atoms with E-state index in [1.54, 1.807) is 0 Å². The smallest absolute Gasteiger partial charge is 0.382 e. The van der Waals surface area contributed by atoms with E-state index in [0.29, 0.717) is 38.9 Å². The van der Waals surface area contributed by atoms with E-state index in [1.165, 1.54) is 6.07 Å². The molecule has 7 nitrogen and oxygen atoms in total. The Morgan fingerprint density at radius 2 is 1.75 bits per heavy atom. The molecule has 36 heavy (non-hydrogen) atoms. The van der Waals surface area contributed by atoms with Gasteiger partial charge in [-0.05, 0) is 54.4 Å². The second kappa shape index (κ2) is 11.5. The van der Waals surface area contributed by atoms with Crippen LogP contribution in [0.15, 0.2) is 47.6 Å². The highest BCUT2D eigenvalue weighted by molar-refractivity contribution is 6.30. The molecule has 0 aliphatic carbocycles. The summed E-state index contributed by atoms with van der Waals surface area (Å²) in [4.78, 5) is 29.9. The molecule has 2 aromatic rings. The summed E-state index contributed by atoms with van der Waals surface area (Å²) < 4.78 is 39.5. The van der Waals surface area contributed by atoms with E-state index in [4.69, 9.17) is 11.6 Å². The first-order chi connectivity index (χ1) is 17.2. The predicted octanol–water partition coefficient (Wildman–Crippen LogP) is 5.37. The fraction of sp³-hybridized carbons (Fsp3) is 0.480. The Bertz CT molecular complexity index is 1070. The quantitative estimate of drug-likeness (QED) is 0.494. The number of carbonyl (C=O) groups is 1. The van der Waals surface area contributed by atoms with Crippen LogP contribution in [0.1, 0.15) is 24.8 Å². The van der Waals surface area contributed by atoms with E-state index in [-0.39, 0.29) is 17.6 Å². The molecule has 2 saturated heterocycles. The van der Waals surface area contributed by atoms with Gasteiger partial charge in [0.05, 0.1) is 5.56 Å². The van der Waals surface area contributed by atoms with Crippen LogP contribution in [0.3, 0.4) is 0 Å². The molecule has 2 fully saturated rings. The highest BCUT2D eigenvalue weighted by Crippen LogP contribution is 2.38. The first-order valence-electron chi connectivity index (χ1n) is 12.0. The minimum Gasteiger partial charge on any atom is -0.382 e. The van der Waals surface area contributed by atoms with E-state index < -0.39 is 17.4 Å². The van der Waals surface area contributed by atoms with E-state index in [2.05, 4.69) is 26.4 Å². The predicted molar refractivity (Wildman–Crippen MR) is 135 cm³/mol. The number of hydrogen-bond acceptors (Lipinski definition) is 6. The van der Waals surface area contributed by atoms with Crippen LogP contribution in [-0.2, 0) is 11.0 Å². The van der Waals surface area contributed by atoms with Crippen molar-refractivity contribution in [2.45, 2.75) is 31.5 Å². The van der Waals surface area contributed by atoms with Crippen molar-refractivity contribution in [3.8, 4) is 0 Å². The Morgan fingerprint density at radius 3 is 2.39 bits per heavy atom. The molecule has 0 bridgehead atoms. The number of hydrogen-bond donors (Lipinski definition) is 1. The molecule has 0 aromatic heterocycles. The molecular formula is C25H29ClF3N5O2. The maximum atomic E-state index is 13.2. The van der Waals surface area contributed by atoms with Crippen molar-refractivity contribution < 1.29 is 18.0 Å². The third-order valence-electron chi connectivity index (χ3n) is 6.81. The van der Waals surface area contributed by atoms with Crippen molar-refractivity contribution in [1.29, 1.82) is 0 Å². The first kappa shape index (κ1) is 26.2. The van der Waals surface area contributed by atoms with Gasteiger partial charge >= 0.3 is 6.18 Å². The molecule has 4 rings (SSSR count). The number of likely N-dealkylation sites (tertiary alicyclic amines) is 1. The zero-order valence-electron chi connectivity index (χ0n) is 19.8. The molecule has 1 amide bonds. The minimum atomic E-state index is -4.65. The van der Waals surface area contributed by atoms with Crippen molar-refractivity contribution in [3.05, 3.63) is 58.0 Å². The molecule has 11 heteroatoms. The van der Waals surface area contributed by atoms with Crippen molar-refractivity contribution in [1.82, 2.24) is 9.80 Å². The zero-order chi connectivity index (χ0) is 25.7. The number of benzene rings is 2. The molecule has 0 radical (unpaired) electrons. The lowest BCUT2D eigenvalue weighted by molar-refractivity contribution is -0.137. The van der Waals surface area contributed by atoms with Crippen LogP contribution in [-0.4, -0.2) is 67.6 Å². The Hall–Kier alpha value is -2.85. The van der Waals surface area contributed by atoms with Crippen LogP contribution in [0.5, 0.6) is 0 Å². The number of rotatable bonds is 7. The van der Waals surface area contributed by atoms with Gasteiger partial charge in [-0.3, -0.25) is 9.69 Å². The lowest BCUT2D eigenvalue weighted by Crippen LogP contribution is -2.48. The summed E-state index contributed by atoms with van der Waals surface area (Å²) in [6.07, 6.45) is -2.93. The molecule has 0 atom stereocenters. The van der Waals surface area contributed by atoms with Crippen molar-refractivity contribution in [3.63, 3.8) is 0 Å². The van der Waals surface area contributed by atoms with Crippen molar-refractivity contribution in [2.24, 2.45) is 5.18 Å². The van der Waals surface area contributed by atoms with Gasteiger partial charge < -0.3 is 15.1 Å². The third-order valence-corrected chi connectivity index (χ3v) is 7.04. The number of carbonyl (C=O) groups excluding carboxylic acids is 1. The number of nitrogens with zero attached hydrogens (tertiary/aromatic N) is 4. The average Bonchev–Trinajstić information content (AvgIpc) is 2.87. The minimum absolute atomic E-state index is 0.0512. The summed E-state index contributed by atoms with van der Waals surface area (Å²) in [6, 6.07) is 11.2. The van der Waals surface area contributed by atoms with Gasteiger partial charge in [0.25, 0.3) is 0 Å². The first-order valence-corrected chi connectivity index (χ1v) is 12.4. The number of piperazine rings is 1. The van der Waals surface area contributed by atoms with E-state index in [9.17, 15) is 22.9 Å². The average molecular weight is 524 g/mol. The summed E-state index contributed by atoms with van der Waals surface area (Å²) in [6.45, 7) is 5.33. The summed E-state index contributed by atoms with van der Waals surface area (Å²) in [5.41, 5.74) is -0.278. The molecule has 194 valence electrons. The Kier molecular flexibility index (Phi) is 8.35. The van der Waals surface area contributed by atoms with Gasteiger partial charge in [-0.2, -0.15) is 13.2 Å². The number of piperidine rings is 1. The number of alkyl halides is 3. The highest BCUT2D eigenvalue weighted by atomic mass is 35.5. The van der Waals surface area contributed by atoms with Gasteiger partial charge in [-0.1, -0.05) is 17.7 Å². The largest absolute Gasteiger partial charge is 0.418 e. The SMILES string of the molecule is O=Nc1ccc(NC2CCN(C(=O)CCN3CCN(c4cccc(Cl)c4)CC3)CC2)cc1C(F)(F)F. The van der Waals surface area contributed by atoms with Gasteiger partial charge in [-0.25, -0.2) is 0 Å². The van der Waals surface area contributed by atoms with Crippen LogP contribution in [0.4, 0.5) is 30.2 Å². The number of amides is 1. The highest BCUT2D eigenvalue weighted by Gasteiger charge is 2.34. The number of nitrogens with one attached hydrogen (secondary N) is 1. The normalized spacial score (nSPS) is 17.8. The molecule has 2 aliphatic heterocycles. The lowest BCUT2D eigenvalue weighted by atomic mass is 10.0. The molecule has 0 unspecified atom stereocenters. The van der Waals surface area contributed by atoms with Crippen LogP contribution >= 0.6 is 11.6 Å². The zero-order valence-corrected chi connectivity index (χ0v) is 20.6.